The molecule has 0 unspecified atom stereocenters. The number of hydrogen-bond acceptors (Lipinski definition) is 4. The maximum atomic E-state index is 12.6. The normalized spacial score (nSPS) is 11.6. The second-order valence-electron chi connectivity index (χ2n) is 5.76. The number of rotatable bonds is 6. The maximum absolute atomic E-state index is 12.6. The van der Waals surface area contributed by atoms with E-state index in [1.165, 1.54) is 11.3 Å². The Morgan fingerprint density at radius 1 is 1.26 bits per heavy atom. The van der Waals surface area contributed by atoms with E-state index in [0.29, 0.717) is 22.8 Å². The van der Waals surface area contributed by atoms with Crippen molar-refractivity contribution in [3.63, 3.8) is 0 Å². The molecule has 0 radical (unpaired) electrons. The van der Waals surface area contributed by atoms with Gasteiger partial charge in [0.05, 0.1) is 30.9 Å². The van der Waals surface area contributed by atoms with Gasteiger partial charge < -0.3 is 14.0 Å². The highest BCUT2D eigenvalue weighted by Crippen LogP contribution is 2.25. The van der Waals surface area contributed by atoms with Crippen molar-refractivity contribution in [2.75, 3.05) is 14.2 Å². The lowest BCUT2D eigenvalue weighted by atomic mass is 10.1. The molecule has 0 aliphatic heterocycles. The summed E-state index contributed by atoms with van der Waals surface area (Å²) in [5.41, 5.74) is 1.79. The van der Waals surface area contributed by atoms with E-state index in [-0.39, 0.29) is 12.3 Å². The van der Waals surface area contributed by atoms with Crippen LogP contribution in [-0.4, -0.2) is 24.7 Å². The van der Waals surface area contributed by atoms with Gasteiger partial charge in [-0.2, -0.15) is 4.99 Å². The van der Waals surface area contributed by atoms with Gasteiger partial charge in [-0.05, 0) is 24.3 Å². The van der Waals surface area contributed by atoms with Gasteiger partial charge in [0.15, 0.2) is 4.80 Å². The van der Waals surface area contributed by atoms with E-state index in [1.807, 2.05) is 28.8 Å². The van der Waals surface area contributed by atoms with Gasteiger partial charge in [0.25, 0.3) is 5.91 Å². The Labute approximate surface area is 169 Å². The van der Waals surface area contributed by atoms with E-state index in [0.717, 1.165) is 20.3 Å². The Morgan fingerprint density at radius 2 is 2.07 bits per heavy atom. The standard InChI is InChI=1S/C20H19BrN2O3S/c1-4-9-23-16-8-6-14(21)11-18(16)27-20(23)22-19(24)10-13-5-7-15(25-2)12-17(13)26-3/h4-8,11-12H,1,9-10H2,2-3H3. The number of aromatic nitrogens is 1. The molecule has 5 nitrogen and oxygen atoms in total. The van der Waals surface area contributed by atoms with E-state index in [1.54, 1.807) is 32.4 Å². The summed E-state index contributed by atoms with van der Waals surface area (Å²) in [5.74, 6) is 1.05. The van der Waals surface area contributed by atoms with Gasteiger partial charge in [0.1, 0.15) is 11.5 Å². The predicted molar refractivity (Wildman–Crippen MR) is 112 cm³/mol. The van der Waals surface area contributed by atoms with Crippen molar-refractivity contribution in [3.05, 3.63) is 63.9 Å². The number of halogens is 1. The van der Waals surface area contributed by atoms with Gasteiger partial charge in [0.2, 0.25) is 0 Å². The van der Waals surface area contributed by atoms with Crippen molar-refractivity contribution >= 4 is 43.4 Å². The van der Waals surface area contributed by atoms with Gasteiger partial charge in [-0.3, -0.25) is 4.79 Å². The Bertz CT molecular complexity index is 1070. The smallest absolute Gasteiger partial charge is 0.252 e. The molecular formula is C20H19BrN2O3S. The number of methoxy groups -OCH3 is 2. The minimum absolute atomic E-state index is 0.152. The zero-order valence-corrected chi connectivity index (χ0v) is 17.5. The van der Waals surface area contributed by atoms with Crippen LogP contribution < -0.4 is 14.3 Å². The number of benzene rings is 2. The van der Waals surface area contributed by atoms with Gasteiger partial charge in [0, 0.05) is 22.6 Å². The van der Waals surface area contributed by atoms with E-state index in [4.69, 9.17) is 9.47 Å². The summed E-state index contributed by atoms with van der Waals surface area (Å²) in [7, 11) is 3.16. The Morgan fingerprint density at radius 3 is 2.78 bits per heavy atom. The fourth-order valence-electron chi connectivity index (χ4n) is 2.74. The van der Waals surface area contributed by atoms with Crippen LogP contribution in [0.4, 0.5) is 0 Å². The van der Waals surface area contributed by atoms with E-state index in [9.17, 15) is 4.79 Å². The third kappa shape index (κ3) is 4.31. The summed E-state index contributed by atoms with van der Waals surface area (Å²) >= 11 is 4.96. The van der Waals surface area contributed by atoms with Crippen molar-refractivity contribution in [1.82, 2.24) is 4.57 Å². The number of hydrogen-bond donors (Lipinski definition) is 0. The third-order valence-electron chi connectivity index (χ3n) is 4.01. The summed E-state index contributed by atoms with van der Waals surface area (Å²) in [4.78, 5) is 17.6. The van der Waals surface area contributed by atoms with Crippen LogP contribution in [0.15, 0.2) is 58.5 Å². The molecule has 0 spiro atoms. The molecule has 0 bridgehead atoms. The highest BCUT2D eigenvalue weighted by molar-refractivity contribution is 9.10. The topological polar surface area (TPSA) is 52.8 Å². The van der Waals surface area contributed by atoms with Crippen LogP contribution in [0.3, 0.4) is 0 Å². The fourth-order valence-corrected chi connectivity index (χ4v) is 4.35. The number of amides is 1. The SMILES string of the molecule is C=CCn1c(=NC(=O)Cc2ccc(OC)cc2OC)sc2cc(Br)ccc21. The molecule has 0 atom stereocenters. The number of nitrogens with zero attached hydrogens (tertiary/aromatic N) is 2. The van der Waals surface area contributed by atoms with Crippen molar-refractivity contribution < 1.29 is 14.3 Å². The van der Waals surface area contributed by atoms with Crippen molar-refractivity contribution in [1.29, 1.82) is 0 Å². The molecule has 27 heavy (non-hydrogen) atoms. The van der Waals surface area contributed by atoms with Crippen LogP contribution in [-0.2, 0) is 17.8 Å². The molecule has 1 aromatic heterocycles. The van der Waals surface area contributed by atoms with E-state index >= 15 is 0 Å². The first-order valence-corrected chi connectivity index (χ1v) is 9.85. The summed E-state index contributed by atoms with van der Waals surface area (Å²) in [6, 6.07) is 11.4. The molecule has 1 heterocycles. The number of carbonyl (C=O) groups excluding carboxylic acids is 1. The number of allylic oxidation sites excluding steroid dienone is 1. The van der Waals surface area contributed by atoms with Gasteiger partial charge in [-0.1, -0.05) is 39.4 Å². The van der Waals surface area contributed by atoms with Crippen molar-refractivity contribution in [2.24, 2.45) is 4.99 Å². The van der Waals surface area contributed by atoms with Crippen LogP contribution in [0.25, 0.3) is 10.2 Å². The zero-order valence-electron chi connectivity index (χ0n) is 15.1. The molecule has 7 heteroatoms. The predicted octanol–water partition coefficient (Wildman–Crippen LogP) is 4.34. The second-order valence-corrected chi connectivity index (χ2v) is 7.68. The number of thiazole rings is 1. The molecule has 2 aromatic carbocycles. The van der Waals surface area contributed by atoms with Crippen LogP contribution >= 0.6 is 27.3 Å². The molecule has 0 aliphatic carbocycles. The largest absolute Gasteiger partial charge is 0.497 e. The molecule has 0 saturated carbocycles. The molecule has 1 amide bonds. The highest BCUT2D eigenvalue weighted by atomic mass is 79.9. The highest BCUT2D eigenvalue weighted by Gasteiger charge is 2.11. The second kappa shape index (κ2) is 8.54. The van der Waals surface area contributed by atoms with Crippen LogP contribution in [0.5, 0.6) is 11.5 Å². The van der Waals surface area contributed by atoms with E-state index < -0.39 is 0 Å². The fraction of sp³-hybridized carbons (Fsp3) is 0.200. The quantitative estimate of drug-likeness (QED) is 0.529. The minimum Gasteiger partial charge on any atom is -0.497 e. The lowest BCUT2D eigenvalue weighted by Crippen LogP contribution is -2.17. The van der Waals surface area contributed by atoms with Gasteiger partial charge in [-0.25, -0.2) is 0 Å². The summed E-state index contributed by atoms with van der Waals surface area (Å²) in [6.07, 6.45) is 1.95. The molecule has 0 saturated heterocycles. The van der Waals surface area contributed by atoms with Crippen LogP contribution in [0.2, 0.25) is 0 Å². The average molecular weight is 447 g/mol. The molecule has 0 aliphatic rings. The van der Waals surface area contributed by atoms with Crippen molar-refractivity contribution in [2.45, 2.75) is 13.0 Å². The van der Waals surface area contributed by atoms with Crippen molar-refractivity contribution in [3.8, 4) is 11.5 Å². The van der Waals surface area contributed by atoms with Crippen LogP contribution in [0, 0.1) is 0 Å². The minimum atomic E-state index is -0.234. The Balaban J connectivity index is 1.98. The molecule has 0 N–H and O–H groups in total. The lowest BCUT2D eigenvalue weighted by Gasteiger charge is -2.08. The maximum Gasteiger partial charge on any atom is 0.252 e. The molecular weight excluding hydrogens is 428 g/mol. The number of ether oxygens (including phenoxy) is 2. The first-order valence-electron chi connectivity index (χ1n) is 8.24. The van der Waals surface area contributed by atoms with Gasteiger partial charge >= 0.3 is 0 Å². The Kier molecular flexibility index (Phi) is 6.13. The molecule has 3 rings (SSSR count). The van der Waals surface area contributed by atoms with E-state index in [2.05, 4.69) is 27.5 Å². The first kappa shape index (κ1) is 19.4. The van der Waals surface area contributed by atoms with Gasteiger partial charge in [-0.15, -0.1) is 6.58 Å². The average Bonchev–Trinajstić information content (AvgIpc) is 2.98. The molecule has 140 valence electrons. The zero-order chi connectivity index (χ0) is 19.4. The first-order chi connectivity index (χ1) is 13.0. The number of carbonyl (C=O) groups is 1. The number of fused-ring (bicyclic) bond motifs is 1. The summed E-state index contributed by atoms with van der Waals surface area (Å²) in [6.45, 7) is 4.39. The molecule has 0 fully saturated rings. The molecule has 3 aromatic rings. The monoisotopic (exact) mass is 446 g/mol. The summed E-state index contributed by atoms with van der Waals surface area (Å²) < 4.78 is 14.6. The third-order valence-corrected chi connectivity index (χ3v) is 5.55. The lowest BCUT2D eigenvalue weighted by molar-refractivity contribution is -0.117. The Hall–Kier alpha value is -2.38. The van der Waals surface area contributed by atoms with Crippen LogP contribution in [0.1, 0.15) is 5.56 Å². The summed E-state index contributed by atoms with van der Waals surface area (Å²) in [5, 5.41) is 0.